The summed E-state index contributed by atoms with van der Waals surface area (Å²) in [6.45, 7) is 0.761. The molecule has 2 aliphatic rings. The summed E-state index contributed by atoms with van der Waals surface area (Å²) >= 11 is 6.13. The topological polar surface area (TPSA) is 102 Å². The molecule has 1 aromatic carbocycles. The molecule has 1 N–H and O–H groups in total. The average Bonchev–Trinajstić information content (AvgIpc) is 2.80. The molecule has 1 heterocycles. The number of anilines is 1. The Morgan fingerprint density at radius 2 is 1.88 bits per heavy atom. The Bertz CT molecular complexity index is 896. The standard InChI is InChI=1S/C22H31ClN2O6S/c23-19-10-9-18(32(28,29)25-11-13-30-14-12-25)15-20(19)24-21(26)16-31-22(27)8-4-7-17-5-2-1-3-6-17/h9-10,15,17H,1-8,11-14,16H2,(H,24,26). The van der Waals surface area contributed by atoms with E-state index < -0.39 is 28.5 Å². The highest BCUT2D eigenvalue weighted by molar-refractivity contribution is 7.89. The maximum absolute atomic E-state index is 12.8. The van der Waals surface area contributed by atoms with Crippen LogP contribution in [0.25, 0.3) is 0 Å². The van der Waals surface area contributed by atoms with Gasteiger partial charge in [-0.3, -0.25) is 9.59 Å². The SMILES string of the molecule is O=C(COC(=O)CCCC1CCCCC1)Nc1cc(S(=O)(=O)N2CCOCC2)ccc1Cl. The third-order valence-electron chi connectivity index (χ3n) is 5.90. The lowest BCUT2D eigenvalue weighted by atomic mass is 9.86. The number of esters is 1. The first-order chi connectivity index (χ1) is 15.4. The number of hydrogen-bond acceptors (Lipinski definition) is 6. The predicted octanol–water partition coefficient (Wildman–Crippen LogP) is 3.59. The van der Waals surface area contributed by atoms with Gasteiger partial charge in [0.2, 0.25) is 10.0 Å². The molecular formula is C22H31ClN2O6S. The van der Waals surface area contributed by atoms with Crippen molar-refractivity contribution in [3.63, 3.8) is 0 Å². The molecule has 1 aliphatic heterocycles. The summed E-state index contributed by atoms with van der Waals surface area (Å²) in [6, 6.07) is 4.13. The minimum absolute atomic E-state index is 0.0267. The normalized spacial score (nSPS) is 18.3. The van der Waals surface area contributed by atoms with Crippen LogP contribution in [0.15, 0.2) is 23.1 Å². The lowest BCUT2D eigenvalue weighted by molar-refractivity contribution is -0.147. The first kappa shape index (κ1) is 25.0. The molecule has 0 spiro atoms. The quantitative estimate of drug-likeness (QED) is 0.535. The molecule has 32 heavy (non-hydrogen) atoms. The molecule has 0 radical (unpaired) electrons. The number of nitrogens with zero attached hydrogens (tertiary/aromatic N) is 1. The van der Waals surface area contributed by atoms with E-state index >= 15 is 0 Å². The van der Waals surface area contributed by atoms with Gasteiger partial charge in [-0.1, -0.05) is 43.7 Å². The molecule has 1 aliphatic carbocycles. The summed E-state index contributed by atoms with van der Waals surface area (Å²) in [5.41, 5.74) is 0.152. The minimum atomic E-state index is -3.72. The van der Waals surface area contributed by atoms with E-state index in [9.17, 15) is 18.0 Å². The van der Waals surface area contributed by atoms with Crippen LogP contribution in [0.2, 0.25) is 5.02 Å². The lowest BCUT2D eigenvalue weighted by Gasteiger charge is -2.26. The average molecular weight is 487 g/mol. The monoisotopic (exact) mass is 486 g/mol. The number of amides is 1. The Balaban J connectivity index is 1.47. The number of halogens is 1. The first-order valence-corrected chi connectivity index (χ1v) is 13.0. The summed E-state index contributed by atoms with van der Waals surface area (Å²) < 4.78 is 37.2. The van der Waals surface area contributed by atoms with Gasteiger partial charge in [0.25, 0.3) is 5.91 Å². The number of carbonyl (C=O) groups excluding carboxylic acids is 2. The predicted molar refractivity (Wildman–Crippen MR) is 121 cm³/mol. The van der Waals surface area contributed by atoms with Crippen molar-refractivity contribution in [2.24, 2.45) is 5.92 Å². The van der Waals surface area contributed by atoms with Crippen LogP contribution >= 0.6 is 11.6 Å². The summed E-state index contributed by atoms with van der Waals surface area (Å²) in [7, 11) is -3.72. The summed E-state index contributed by atoms with van der Waals surface area (Å²) in [4.78, 5) is 24.2. The number of hydrogen-bond donors (Lipinski definition) is 1. The van der Waals surface area contributed by atoms with Crippen molar-refractivity contribution in [3.8, 4) is 0 Å². The van der Waals surface area contributed by atoms with E-state index in [0.717, 1.165) is 12.8 Å². The Morgan fingerprint density at radius 3 is 2.59 bits per heavy atom. The molecule has 0 bridgehead atoms. The third kappa shape index (κ3) is 7.16. The zero-order valence-electron chi connectivity index (χ0n) is 18.2. The zero-order chi connectivity index (χ0) is 23.0. The minimum Gasteiger partial charge on any atom is -0.456 e. The second kappa shape index (κ2) is 12.0. The highest BCUT2D eigenvalue weighted by Gasteiger charge is 2.27. The van der Waals surface area contributed by atoms with Gasteiger partial charge in [-0.25, -0.2) is 8.42 Å². The Labute approximate surface area is 194 Å². The largest absolute Gasteiger partial charge is 0.456 e. The highest BCUT2D eigenvalue weighted by Crippen LogP contribution is 2.28. The van der Waals surface area contributed by atoms with Gasteiger partial charge in [-0.05, 0) is 37.0 Å². The van der Waals surface area contributed by atoms with Gasteiger partial charge in [0.15, 0.2) is 6.61 Å². The molecular weight excluding hydrogens is 456 g/mol. The Morgan fingerprint density at radius 1 is 1.16 bits per heavy atom. The van der Waals surface area contributed by atoms with E-state index in [1.165, 1.54) is 54.6 Å². The Hall–Kier alpha value is -1.68. The van der Waals surface area contributed by atoms with Crippen LogP contribution in [-0.4, -0.2) is 57.5 Å². The van der Waals surface area contributed by atoms with Crippen LogP contribution in [0.3, 0.4) is 0 Å². The molecule has 0 atom stereocenters. The molecule has 1 aromatic rings. The van der Waals surface area contributed by atoms with Crippen molar-refractivity contribution < 1.29 is 27.5 Å². The van der Waals surface area contributed by atoms with E-state index in [1.54, 1.807) is 0 Å². The molecule has 3 rings (SSSR count). The number of sulfonamides is 1. The second-order valence-corrected chi connectivity index (χ2v) is 10.6. The number of benzene rings is 1. The fraction of sp³-hybridized carbons (Fsp3) is 0.636. The van der Waals surface area contributed by atoms with Crippen LogP contribution in [0.5, 0.6) is 0 Å². The van der Waals surface area contributed by atoms with E-state index in [-0.39, 0.29) is 35.1 Å². The van der Waals surface area contributed by atoms with Crippen LogP contribution < -0.4 is 5.32 Å². The van der Waals surface area contributed by atoms with Gasteiger partial charge in [0, 0.05) is 19.5 Å². The lowest BCUT2D eigenvalue weighted by Crippen LogP contribution is -2.40. The highest BCUT2D eigenvalue weighted by atomic mass is 35.5. The zero-order valence-corrected chi connectivity index (χ0v) is 19.8. The molecule has 0 aromatic heterocycles. The third-order valence-corrected chi connectivity index (χ3v) is 8.13. The molecule has 0 unspecified atom stereocenters. The number of morpholine rings is 1. The van der Waals surface area contributed by atoms with Crippen molar-refractivity contribution in [3.05, 3.63) is 23.2 Å². The van der Waals surface area contributed by atoms with Crippen LogP contribution in [0.4, 0.5) is 5.69 Å². The van der Waals surface area contributed by atoms with Crippen molar-refractivity contribution in [2.45, 2.75) is 56.3 Å². The molecule has 2 fully saturated rings. The van der Waals surface area contributed by atoms with Crippen molar-refractivity contribution in [1.29, 1.82) is 0 Å². The van der Waals surface area contributed by atoms with Crippen LogP contribution in [0, 0.1) is 5.92 Å². The van der Waals surface area contributed by atoms with Gasteiger partial charge < -0.3 is 14.8 Å². The van der Waals surface area contributed by atoms with Gasteiger partial charge in [-0.15, -0.1) is 0 Å². The van der Waals surface area contributed by atoms with Crippen LogP contribution in [-0.2, 0) is 29.1 Å². The summed E-state index contributed by atoms with van der Waals surface area (Å²) in [6.07, 6.45) is 8.38. The van der Waals surface area contributed by atoms with Crippen LogP contribution in [0.1, 0.15) is 51.4 Å². The molecule has 10 heteroatoms. The molecule has 178 valence electrons. The maximum Gasteiger partial charge on any atom is 0.306 e. The molecule has 8 nitrogen and oxygen atoms in total. The summed E-state index contributed by atoms with van der Waals surface area (Å²) in [5.74, 6) is -0.290. The maximum atomic E-state index is 12.8. The van der Waals surface area contributed by atoms with Gasteiger partial charge in [0.05, 0.1) is 28.8 Å². The summed E-state index contributed by atoms with van der Waals surface area (Å²) in [5, 5.41) is 2.73. The van der Waals surface area contributed by atoms with Crippen molar-refractivity contribution >= 4 is 39.2 Å². The Kier molecular flexibility index (Phi) is 9.34. The van der Waals surface area contributed by atoms with E-state index in [2.05, 4.69) is 5.32 Å². The second-order valence-electron chi connectivity index (χ2n) is 8.26. The number of ether oxygens (including phenoxy) is 2. The molecule has 1 saturated carbocycles. The number of nitrogens with one attached hydrogen (secondary N) is 1. The molecule has 1 saturated heterocycles. The molecule has 1 amide bonds. The fourth-order valence-electron chi connectivity index (χ4n) is 4.11. The van der Waals surface area contributed by atoms with Crippen molar-refractivity contribution in [2.75, 3.05) is 38.2 Å². The van der Waals surface area contributed by atoms with E-state index in [4.69, 9.17) is 21.1 Å². The number of carbonyl (C=O) groups is 2. The smallest absolute Gasteiger partial charge is 0.306 e. The van der Waals surface area contributed by atoms with Gasteiger partial charge in [-0.2, -0.15) is 4.31 Å². The number of rotatable bonds is 9. The first-order valence-electron chi connectivity index (χ1n) is 11.2. The van der Waals surface area contributed by atoms with E-state index in [1.807, 2.05) is 0 Å². The van der Waals surface area contributed by atoms with E-state index in [0.29, 0.717) is 19.1 Å². The van der Waals surface area contributed by atoms with Gasteiger partial charge in [0.1, 0.15) is 0 Å². The fourth-order valence-corrected chi connectivity index (χ4v) is 5.71. The van der Waals surface area contributed by atoms with Crippen molar-refractivity contribution in [1.82, 2.24) is 4.31 Å². The van der Waals surface area contributed by atoms with Gasteiger partial charge >= 0.3 is 5.97 Å².